The van der Waals surface area contributed by atoms with Crippen LogP contribution in [0.15, 0.2) is 54.6 Å². The second kappa shape index (κ2) is 9.31. The SMILES string of the molecule is N=C(N)c1ccc(CNC(=O)[C@@H]2CCN2C(=O)[C@H]2C[C@@H](c3ccccc3)CCN2)cc1. The number of nitrogens with two attached hydrogens (primary N) is 1. The fourth-order valence-corrected chi connectivity index (χ4v) is 4.37. The Morgan fingerprint density at radius 3 is 2.48 bits per heavy atom. The molecule has 2 fully saturated rings. The summed E-state index contributed by atoms with van der Waals surface area (Å²) in [6.07, 6.45) is 2.46. The molecule has 3 atom stereocenters. The molecule has 2 saturated heterocycles. The maximum Gasteiger partial charge on any atom is 0.243 e. The van der Waals surface area contributed by atoms with Gasteiger partial charge < -0.3 is 21.3 Å². The highest BCUT2D eigenvalue weighted by Gasteiger charge is 2.41. The Hall–Kier alpha value is -3.19. The summed E-state index contributed by atoms with van der Waals surface area (Å²) >= 11 is 0. The molecule has 5 N–H and O–H groups in total. The molecular formula is C24H29N5O2. The zero-order valence-electron chi connectivity index (χ0n) is 17.5. The number of carbonyl (C=O) groups excluding carboxylic acids is 2. The minimum absolute atomic E-state index is 0.0185. The monoisotopic (exact) mass is 419 g/mol. The zero-order chi connectivity index (χ0) is 21.8. The molecule has 31 heavy (non-hydrogen) atoms. The largest absolute Gasteiger partial charge is 0.384 e. The van der Waals surface area contributed by atoms with Crippen LogP contribution in [0.1, 0.15) is 41.9 Å². The minimum atomic E-state index is -0.400. The average molecular weight is 420 g/mol. The first-order chi connectivity index (χ1) is 15.0. The van der Waals surface area contributed by atoms with E-state index in [-0.39, 0.29) is 23.7 Å². The third-order valence-corrected chi connectivity index (χ3v) is 6.31. The van der Waals surface area contributed by atoms with Crippen LogP contribution in [0.25, 0.3) is 0 Å². The first kappa shape index (κ1) is 21.1. The molecular weight excluding hydrogens is 390 g/mol. The van der Waals surface area contributed by atoms with E-state index in [4.69, 9.17) is 11.1 Å². The Balaban J connectivity index is 1.31. The van der Waals surface area contributed by atoms with E-state index in [2.05, 4.69) is 22.8 Å². The highest BCUT2D eigenvalue weighted by Crippen LogP contribution is 2.29. The van der Waals surface area contributed by atoms with E-state index in [1.807, 2.05) is 30.3 Å². The molecule has 2 aliphatic rings. The van der Waals surface area contributed by atoms with Gasteiger partial charge in [-0.25, -0.2) is 0 Å². The second-order valence-electron chi connectivity index (χ2n) is 8.30. The number of benzene rings is 2. The number of hydrogen-bond donors (Lipinski definition) is 4. The van der Waals surface area contributed by atoms with E-state index in [1.165, 1.54) is 5.56 Å². The first-order valence-electron chi connectivity index (χ1n) is 10.8. The van der Waals surface area contributed by atoms with Gasteiger partial charge >= 0.3 is 0 Å². The molecule has 2 aromatic carbocycles. The van der Waals surface area contributed by atoms with Crippen LogP contribution < -0.4 is 16.4 Å². The Morgan fingerprint density at radius 2 is 1.84 bits per heavy atom. The van der Waals surface area contributed by atoms with Crippen molar-refractivity contribution in [2.75, 3.05) is 13.1 Å². The molecule has 0 saturated carbocycles. The maximum atomic E-state index is 13.1. The number of amidine groups is 1. The number of nitrogen functional groups attached to an aromatic ring is 1. The van der Waals surface area contributed by atoms with Crippen molar-refractivity contribution in [1.29, 1.82) is 5.41 Å². The third kappa shape index (κ3) is 4.77. The van der Waals surface area contributed by atoms with Gasteiger partial charge in [0.05, 0.1) is 6.04 Å². The lowest BCUT2D eigenvalue weighted by molar-refractivity contribution is -0.149. The second-order valence-corrected chi connectivity index (χ2v) is 8.30. The van der Waals surface area contributed by atoms with Crippen LogP contribution in [0.3, 0.4) is 0 Å². The number of likely N-dealkylation sites (tertiary alicyclic amines) is 1. The van der Waals surface area contributed by atoms with Gasteiger partial charge in [0.25, 0.3) is 0 Å². The summed E-state index contributed by atoms with van der Waals surface area (Å²) in [5.74, 6) is 0.288. The van der Waals surface area contributed by atoms with E-state index in [0.29, 0.717) is 31.0 Å². The lowest BCUT2D eigenvalue weighted by Gasteiger charge is -2.43. The maximum absolute atomic E-state index is 13.1. The summed E-state index contributed by atoms with van der Waals surface area (Å²) in [4.78, 5) is 27.5. The number of carbonyl (C=O) groups is 2. The van der Waals surface area contributed by atoms with Crippen LogP contribution in [0.2, 0.25) is 0 Å². The van der Waals surface area contributed by atoms with Crippen molar-refractivity contribution in [2.45, 2.75) is 43.8 Å². The Morgan fingerprint density at radius 1 is 1.10 bits per heavy atom. The predicted molar refractivity (Wildman–Crippen MR) is 120 cm³/mol. The van der Waals surface area contributed by atoms with Gasteiger partial charge in [-0.2, -0.15) is 0 Å². The Labute approximate surface area is 182 Å². The van der Waals surface area contributed by atoms with E-state index < -0.39 is 6.04 Å². The van der Waals surface area contributed by atoms with Crippen molar-refractivity contribution in [3.05, 3.63) is 71.3 Å². The van der Waals surface area contributed by atoms with Gasteiger partial charge in [-0.3, -0.25) is 15.0 Å². The molecule has 2 aliphatic heterocycles. The standard InChI is InChI=1S/C24H29N5O2/c25-22(26)18-8-6-16(7-9-18)15-28-23(30)21-11-13-29(21)24(31)20-14-19(10-12-27-20)17-4-2-1-3-5-17/h1-9,19-21,27H,10-15H2,(H3,25,26)(H,28,30)/t19-,20+,21-/m0/s1. The quantitative estimate of drug-likeness (QED) is 0.422. The lowest BCUT2D eigenvalue weighted by atomic mass is 9.85. The molecule has 2 amide bonds. The molecule has 0 radical (unpaired) electrons. The van der Waals surface area contributed by atoms with Gasteiger partial charge in [-0.1, -0.05) is 54.6 Å². The summed E-state index contributed by atoms with van der Waals surface area (Å²) in [5.41, 5.74) is 8.32. The number of rotatable bonds is 6. The van der Waals surface area contributed by atoms with Crippen molar-refractivity contribution in [2.24, 2.45) is 5.73 Å². The van der Waals surface area contributed by atoms with Crippen molar-refractivity contribution >= 4 is 17.6 Å². The van der Waals surface area contributed by atoms with Gasteiger partial charge in [0.15, 0.2) is 0 Å². The van der Waals surface area contributed by atoms with Crippen molar-refractivity contribution in [1.82, 2.24) is 15.5 Å². The first-order valence-corrected chi connectivity index (χ1v) is 10.8. The van der Waals surface area contributed by atoms with Gasteiger partial charge in [-0.05, 0) is 42.9 Å². The van der Waals surface area contributed by atoms with Crippen LogP contribution in [-0.2, 0) is 16.1 Å². The third-order valence-electron chi connectivity index (χ3n) is 6.31. The summed E-state index contributed by atoms with van der Waals surface area (Å²) in [7, 11) is 0. The lowest BCUT2D eigenvalue weighted by Crippen LogP contribution is -2.62. The van der Waals surface area contributed by atoms with E-state index in [9.17, 15) is 9.59 Å². The minimum Gasteiger partial charge on any atom is -0.384 e. The molecule has 4 rings (SSSR count). The number of nitrogens with zero attached hydrogens (tertiary/aromatic N) is 1. The fourth-order valence-electron chi connectivity index (χ4n) is 4.37. The summed E-state index contributed by atoms with van der Waals surface area (Å²) in [6.45, 7) is 1.81. The smallest absolute Gasteiger partial charge is 0.243 e. The van der Waals surface area contributed by atoms with Crippen LogP contribution in [0.4, 0.5) is 0 Å². The molecule has 162 valence electrons. The normalized spacial score (nSPS) is 23.0. The van der Waals surface area contributed by atoms with Gasteiger partial charge in [-0.15, -0.1) is 0 Å². The van der Waals surface area contributed by atoms with E-state index >= 15 is 0 Å². The Bertz CT molecular complexity index is 944. The van der Waals surface area contributed by atoms with E-state index in [1.54, 1.807) is 17.0 Å². The molecule has 7 nitrogen and oxygen atoms in total. The summed E-state index contributed by atoms with van der Waals surface area (Å²) < 4.78 is 0. The molecule has 7 heteroatoms. The number of nitrogens with one attached hydrogen (secondary N) is 3. The summed E-state index contributed by atoms with van der Waals surface area (Å²) in [5, 5.41) is 13.7. The van der Waals surface area contributed by atoms with Crippen LogP contribution in [0.5, 0.6) is 0 Å². The number of amides is 2. The predicted octanol–water partition coefficient (Wildman–Crippen LogP) is 1.72. The highest BCUT2D eigenvalue weighted by molar-refractivity contribution is 5.95. The number of hydrogen-bond acceptors (Lipinski definition) is 4. The van der Waals surface area contributed by atoms with Crippen molar-refractivity contribution in [3.8, 4) is 0 Å². The van der Waals surface area contributed by atoms with Crippen molar-refractivity contribution in [3.63, 3.8) is 0 Å². The van der Waals surface area contributed by atoms with E-state index in [0.717, 1.165) is 24.9 Å². The van der Waals surface area contributed by atoms with Crippen LogP contribution in [-0.4, -0.2) is 47.7 Å². The molecule has 0 unspecified atom stereocenters. The molecule has 0 spiro atoms. The average Bonchev–Trinajstić information content (AvgIpc) is 2.78. The van der Waals surface area contributed by atoms with Gasteiger partial charge in [0.1, 0.15) is 11.9 Å². The molecule has 2 aromatic rings. The fraction of sp³-hybridized carbons (Fsp3) is 0.375. The molecule has 2 heterocycles. The Kier molecular flexibility index (Phi) is 6.32. The molecule has 0 bridgehead atoms. The van der Waals surface area contributed by atoms with Crippen molar-refractivity contribution < 1.29 is 9.59 Å². The van der Waals surface area contributed by atoms with Gasteiger partial charge in [0.2, 0.25) is 11.8 Å². The highest BCUT2D eigenvalue weighted by atomic mass is 16.2. The molecule has 0 aliphatic carbocycles. The molecule has 0 aromatic heterocycles. The van der Waals surface area contributed by atoms with Crippen LogP contribution in [0, 0.1) is 5.41 Å². The topological polar surface area (TPSA) is 111 Å². The summed E-state index contributed by atoms with van der Waals surface area (Å²) in [6, 6.07) is 16.9. The van der Waals surface area contributed by atoms with Gasteiger partial charge in [0, 0.05) is 18.7 Å². The van der Waals surface area contributed by atoms with Crippen LogP contribution >= 0.6 is 0 Å². The number of piperidine rings is 1. The zero-order valence-corrected chi connectivity index (χ0v) is 17.5.